The van der Waals surface area contributed by atoms with Crippen LogP contribution in [0.25, 0.3) is 0 Å². The van der Waals surface area contributed by atoms with E-state index in [2.05, 4.69) is 0 Å². The number of primary amides is 1. The first-order valence-electron chi connectivity index (χ1n) is 2.96. The van der Waals surface area contributed by atoms with Gasteiger partial charge in [0.05, 0.1) is 5.56 Å². The zero-order valence-electron chi connectivity index (χ0n) is 6.08. The molecule has 0 aromatic heterocycles. The van der Waals surface area contributed by atoms with Crippen molar-refractivity contribution in [2.45, 2.75) is 0 Å². The normalized spacial score (nSPS) is 8.75. The van der Waals surface area contributed by atoms with Crippen LogP contribution in [-0.2, 0) is 0 Å². The average molecular weight is 191 g/mol. The van der Waals surface area contributed by atoms with Crippen LogP contribution in [0.4, 0.5) is 10.1 Å². The summed E-state index contributed by atoms with van der Waals surface area (Å²) >= 11 is 0. The molecule has 0 saturated carbocycles. The van der Waals surface area contributed by atoms with Crippen molar-refractivity contribution < 1.29 is 9.18 Å². The minimum absolute atomic E-state index is 0. The fourth-order valence-corrected chi connectivity index (χ4v) is 0.742. The second-order valence-electron chi connectivity index (χ2n) is 2.10. The number of halogens is 2. The molecule has 0 spiro atoms. The molecule has 12 heavy (non-hydrogen) atoms. The highest BCUT2D eigenvalue weighted by Gasteiger charge is 2.05. The smallest absolute Gasteiger partial charge is 0.250 e. The summed E-state index contributed by atoms with van der Waals surface area (Å²) in [6, 6.07) is 3.48. The Kier molecular flexibility index (Phi) is 3.50. The molecule has 4 N–H and O–H groups in total. The monoisotopic (exact) mass is 190 g/mol. The van der Waals surface area contributed by atoms with Gasteiger partial charge in [-0.15, -0.1) is 12.4 Å². The van der Waals surface area contributed by atoms with E-state index < -0.39 is 11.7 Å². The summed E-state index contributed by atoms with van der Waals surface area (Å²) < 4.78 is 12.4. The third-order valence-corrected chi connectivity index (χ3v) is 1.28. The van der Waals surface area contributed by atoms with Gasteiger partial charge in [-0.3, -0.25) is 4.79 Å². The standard InChI is InChI=1S/C7H7FN2O.ClH/c8-4-1-2-6(9)5(3-4)7(10)11;/h1-3H,9H2,(H2,10,11);1H. The molecule has 1 amide bonds. The number of nitrogen functional groups attached to an aromatic ring is 1. The number of benzene rings is 1. The number of nitrogens with two attached hydrogens (primary N) is 2. The Balaban J connectivity index is 0.00000121. The highest BCUT2D eigenvalue weighted by Crippen LogP contribution is 2.11. The van der Waals surface area contributed by atoms with Crippen molar-refractivity contribution in [3.8, 4) is 0 Å². The maximum Gasteiger partial charge on any atom is 0.250 e. The van der Waals surface area contributed by atoms with E-state index in [1.165, 1.54) is 12.1 Å². The summed E-state index contributed by atoms with van der Waals surface area (Å²) in [6.45, 7) is 0. The minimum Gasteiger partial charge on any atom is -0.398 e. The Bertz CT molecular complexity index is 303. The SMILES string of the molecule is Cl.NC(=O)c1cc(F)ccc1N. The minimum atomic E-state index is -0.720. The molecule has 5 heteroatoms. The van der Waals surface area contributed by atoms with Crippen molar-refractivity contribution in [3.63, 3.8) is 0 Å². The second kappa shape index (κ2) is 3.92. The van der Waals surface area contributed by atoms with Crippen molar-refractivity contribution in [2.75, 3.05) is 5.73 Å². The first kappa shape index (κ1) is 10.7. The van der Waals surface area contributed by atoms with Crippen LogP contribution in [-0.4, -0.2) is 5.91 Å². The highest BCUT2D eigenvalue weighted by atomic mass is 35.5. The number of hydrogen-bond acceptors (Lipinski definition) is 2. The lowest BCUT2D eigenvalue weighted by Crippen LogP contribution is -2.13. The van der Waals surface area contributed by atoms with Gasteiger partial charge in [-0.25, -0.2) is 4.39 Å². The Morgan fingerprint density at radius 2 is 2.00 bits per heavy atom. The van der Waals surface area contributed by atoms with E-state index >= 15 is 0 Å². The van der Waals surface area contributed by atoms with Gasteiger partial charge in [-0.05, 0) is 18.2 Å². The molecule has 66 valence electrons. The Hall–Kier alpha value is -1.29. The fraction of sp³-hybridized carbons (Fsp3) is 0. The van der Waals surface area contributed by atoms with Gasteiger partial charge in [0.15, 0.2) is 0 Å². The van der Waals surface area contributed by atoms with E-state index in [1.807, 2.05) is 0 Å². The van der Waals surface area contributed by atoms with Crippen LogP contribution in [0.5, 0.6) is 0 Å². The number of hydrogen-bond donors (Lipinski definition) is 2. The van der Waals surface area contributed by atoms with Gasteiger partial charge in [0.1, 0.15) is 5.82 Å². The van der Waals surface area contributed by atoms with E-state index in [9.17, 15) is 9.18 Å². The molecule has 3 nitrogen and oxygen atoms in total. The first-order valence-corrected chi connectivity index (χ1v) is 2.96. The number of carbonyl (C=O) groups excluding carboxylic acids is 1. The van der Waals surface area contributed by atoms with Crippen LogP contribution in [0.1, 0.15) is 10.4 Å². The van der Waals surface area contributed by atoms with Crippen molar-refractivity contribution in [3.05, 3.63) is 29.6 Å². The van der Waals surface area contributed by atoms with Gasteiger partial charge in [-0.2, -0.15) is 0 Å². The molecule has 1 aromatic rings. The molecule has 0 heterocycles. The maximum absolute atomic E-state index is 12.4. The van der Waals surface area contributed by atoms with Gasteiger partial charge < -0.3 is 11.5 Å². The van der Waals surface area contributed by atoms with Crippen LogP contribution in [0.15, 0.2) is 18.2 Å². The van der Waals surface area contributed by atoms with Crippen molar-refractivity contribution in [2.24, 2.45) is 5.73 Å². The molecule has 1 aromatic carbocycles. The zero-order chi connectivity index (χ0) is 8.43. The van der Waals surface area contributed by atoms with Crippen LogP contribution >= 0.6 is 12.4 Å². The molecule has 0 unspecified atom stereocenters. The summed E-state index contributed by atoms with van der Waals surface area (Å²) in [4.78, 5) is 10.5. The van der Waals surface area contributed by atoms with E-state index in [1.54, 1.807) is 0 Å². The summed E-state index contributed by atoms with van der Waals surface area (Å²) in [6.07, 6.45) is 0. The molecular formula is C7H8ClFN2O. The quantitative estimate of drug-likeness (QED) is 0.647. The van der Waals surface area contributed by atoms with Gasteiger partial charge in [-0.1, -0.05) is 0 Å². The molecular weight excluding hydrogens is 183 g/mol. The van der Waals surface area contributed by atoms with Crippen LogP contribution < -0.4 is 11.5 Å². The molecule has 0 aliphatic heterocycles. The number of anilines is 1. The summed E-state index contributed by atoms with van der Waals surface area (Å²) in [5, 5.41) is 0. The van der Waals surface area contributed by atoms with Crippen LogP contribution in [0, 0.1) is 5.82 Å². The lowest BCUT2D eigenvalue weighted by molar-refractivity contribution is 0.100. The molecule has 1 rings (SSSR count). The fourth-order valence-electron chi connectivity index (χ4n) is 0.742. The van der Waals surface area contributed by atoms with E-state index in [0.29, 0.717) is 0 Å². The first-order chi connectivity index (χ1) is 5.11. The summed E-state index contributed by atoms with van der Waals surface area (Å²) in [5.74, 6) is -1.24. The van der Waals surface area contributed by atoms with Crippen molar-refractivity contribution in [1.29, 1.82) is 0 Å². The van der Waals surface area contributed by atoms with Crippen molar-refractivity contribution >= 4 is 24.0 Å². The number of carbonyl (C=O) groups is 1. The van der Waals surface area contributed by atoms with E-state index in [0.717, 1.165) is 6.07 Å². The maximum atomic E-state index is 12.4. The predicted molar refractivity (Wildman–Crippen MR) is 46.6 cm³/mol. The molecule has 0 aliphatic carbocycles. The van der Waals surface area contributed by atoms with E-state index in [-0.39, 0.29) is 23.7 Å². The van der Waals surface area contributed by atoms with Gasteiger partial charge in [0.25, 0.3) is 5.91 Å². The lowest BCUT2D eigenvalue weighted by atomic mass is 10.2. The van der Waals surface area contributed by atoms with Gasteiger partial charge >= 0.3 is 0 Å². The molecule has 0 bridgehead atoms. The molecule has 0 atom stereocenters. The van der Waals surface area contributed by atoms with Crippen molar-refractivity contribution in [1.82, 2.24) is 0 Å². The Morgan fingerprint density at radius 1 is 1.42 bits per heavy atom. The summed E-state index contributed by atoms with van der Waals surface area (Å²) in [7, 11) is 0. The zero-order valence-corrected chi connectivity index (χ0v) is 6.90. The molecule has 0 fully saturated rings. The number of rotatable bonds is 1. The van der Waals surface area contributed by atoms with Crippen LogP contribution in [0.2, 0.25) is 0 Å². The third-order valence-electron chi connectivity index (χ3n) is 1.28. The van der Waals surface area contributed by atoms with Gasteiger partial charge in [0.2, 0.25) is 0 Å². The Morgan fingerprint density at radius 3 is 2.42 bits per heavy atom. The summed E-state index contributed by atoms with van der Waals surface area (Å²) in [5.41, 5.74) is 10.4. The van der Waals surface area contributed by atoms with E-state index in [4.69, 9.17) is 11.5 Å². The van der Waals surface area contributed by atoms with Crippen LogP contribution in [0.3, 0.4) is 0 Å². The second-order valence-corrected chi connectivity index (χ2v) is 2.10. The third kappa shape index (κ3) is 2.10. The van der Waals surface area contributed by atoms with Gasteiger partial charge in [0, 0.05) is 5.69 Å². The average Bonchev–Trinajstić information content (AvgIpc) is 1.94. The predicted octanol–water partition coefficient (Wildman–Crippen LogP) is 0.929. The Labute approximate surface area is 75.0 Å². The topological polar surface area (TPSA) is 69.1 Å². The highest BCUT2D eigenvalue weighted by molar-refractivity contribution is 5.97. The number of amides is 1. The lowest BCUT2D eigenvalue weighted by Gasteiger charge is -1.99. The molecule has 0 radical (unpaired) electrons. The molecule has 0 saturated heterocycles. The molecule has 0 aliphatic rings. The largest absolute Gasteiger partial charge is 0.398 e.